The molecule has 6 nitrogen and oxygen atoms in total. The smallest absolute Gasteiger partial charge is 0.248 e. The Morgan fingerprint density at radius 3 is 2.63 bits per heavy atom. The fourth-order valence-electron chi connectivity index (χ4n) is 2.00. The fraction of sp³-hybridized carbons (Fsp3) is 0.333. The quantitative estimate of drug-likeness (QED) is 0.823. The number of sulfone groups is 1. The molecule has 0 spiro atoms. The molecule has 3 N–H and O–H groups in total. The number of hydrogen-bond acceptors (Lipinski definition) is 4. The maximum atomic E-state index is 11.9. The van der Waals surface area contributed by atoms with E-state index in [1.54, 1.807) is 12.1 Å². The Kier molecular flexibility index (Phi) is 3.57. The monoisotopic (exact) mass is 282 g/mol. The van der Waals surface area contributed by atoms with Crippen molar-refractivity contribution >= 4 is 27.3 Å². The highest BCUT2D eigenvalue weighted by atomic mass is 32.2. The van der Waals surface area contributed by atoms with E-state index in [1.807, 2.05) is 0 Å². The van der Waals surface area contributed by atoms with E-state index in [9.17, 15) is 18.0 Å². The van der Waals surface area contributed by atoms with Crippen LogP contribution in [0.15, 0.2) is 24.3 Å². The molecule has 1 heterocycles. The summed E-state index contributed by atoms with van der Waals surface area (Å²) in [6.07, 6.45) is 0.337. The van der Waals surface area contributed by atoms with Gasteiger partial charge in [-0.25, -0.2) is 8.42 Å². The first-order valence-corrected chi connectivity index (χ1v) is 7.61. The first kappa shape index (κ1) is 13.5. The van der Waals surface area contributed by atoms with E-state index in [2.05, 4.69) is 5.32 Å². The molecule has 7 heteroatoms. The molecule has 1 aromatic carbocycles. The molecule has 2 amide bonds. The van der Waals surface area contributed by atoms with Crippen molar-refractivity contribution in [2.45, 2.75) is 6.42 Å². The predicted octanol–water partition coefficient (Wildman–Crippen LogP) is 0.159. The van der Waals surface area contributed by atoms with Crippen LogP contribution in [0, 0.1) is 5.92 Å². The van der Waals surface area contributed by atoms with Crippen LogP contribution in [0.2, 0.25) is 0 Å². The summed E-state index contributed by atoms with van der Waals surface area (Å²) in [4.78, 5) is 22.9. The van der Waals surface area contributed by atoms with E-state index >= 15 is 0 Å². The molecular weight excluding hydrogens is 268 g/mol. The van der Waals surface area contributed by atoms with E-state index in [1.165, 1.54) is 12.1 Å². The molecule has 1 saturated heterocycles. The molecule has 102 valence electrons. The van der Waals surface area contributed by atoms with Crippen molar-refractivity contribution in [3.8, 4) is 0 Å². The zero-order valence-corrected chi connectivity index (χ0v) is 10.9. The van der Waals surface area contributed by atoms with Gasteiger partial charge in [0.2, 0.25) is 11.8 Å². The van der Waals surface area contributed by atoms with E-state index in [0.717, 1.165) is 0 Å². The Morgan fingerprint density at radius 2 is 2.05 bits per heavy atom. The largest absolute Gasteiger partial charge is 0.366 e. The van der Waals surface area contributed by atoms with Gasteiger partial charge in [0.1, 0.15) is 0 Å². The number of amides is 2. The maximum absolute atomic E-state index is 11.9. The van der Waals surface area contributed by atoms with Crippen molar-refractivity contribution in [2.75, 3.05) is 16.8 Å². The molecule has 0 aliphatic carbocycles. The van der Waals surface area contributed by atoms with Crippen molar-refractivity contribution in [3.63, 3.8) is 0 Å². The number of benzene rings is 1. The highest BCUT2D eigenvalue weighted by Gasteiger charge is 2.32. The zero-order valence-electron chi connectivity index (χ0n) is 10.1. The average molecular weight is 282 g/mol. The number of primary amides is 1. The number of nitrogens with one attached hydrogen (secondary N) is 1. The lowest BCUT2D eigenvalue weighted by molar-refractivity contribution is -0.119. The lowest BCUT2D eigenvalue weighted by Gasteiger charge is -2.09. The molecule has 1 aliphatic heterocycles. The molecule has 0 aromatic heterocycles. The van der Waals surface area contributed by atoms with Gasteiger partial charge < -0.3 is 11.1 Å². The second-order valence-electron chi connectivity index (χ2n) is 4.53. The van der Waals surface area contributed by atoms with Gasteiger partial charge in [0, 0.05) is 11.3 Å². The third kappa shape index (κ3) is 3.31. The van der Waals surface area contributed by atoms with Gasteiger partial charge in [-0.05, 0) is 24.6 Å². The van der Waals surface area contributed by atoms with Crippen LogP contribution in [-0.2, 0) is 14.6 Å². The third-order valence-corrected chi connectivity index (χ3v) is 4.79. The summed E-state index contributed by atoms with van der Waals surface area (Å²) in [5, 5.41) is 2.61. The van der Waals surface area contributed by atoms with E-state index in [0.29, 0.717) is 12.1 Å². The summed E-state index contributed by atoms with van der Waals surface area (Å²) in [6, 6.07) is 6.22. The Labute approximate surface area is 110 Å². The summed E-state index contributed by atoms with van der Waals surface area (Å²) in [6.45, 7) is 0. The van der Waals surface area contributed by atoms with Gasteiger partial charge in [0.15, 0.2) is 9.84 Å². The van der Waals surface area contributed by atoms with E-state index < -0.39 is 21.7 Å². The molecule has 0 bridgehead atoms. The lowest BCUT2D eigenvalue weighted by Crippen LogP contribution is -2.24. The summed E-state index contributed by atoms with van der Waals surface area (Å²) >= 11 is 0. The summed E-state index contributed by atoms with van der Waals surface area (Å²) in [5.74, 6) is -1.52. The summed E-state index contributed by atoms with van der Waals surface area (Å²) < 4.78 is 22.6. The second-order valence-corrected chi connectivity index (χ2v) is 6.76. The van der Waals surface area contributed by atoms with Crippen LogP contribution in [0.4, 0.5) is 5.69 Å². The standard InChI is InChI=1S/C12H14N2O4S/c13-11(15)8-2-1-3-10(6-8)14-12(16)9-4-5-19(17,18)7-9/h1-3,6,9H,4-5,7H2,(H2,13,15)(H,14,16)/t9-/m1/s1. The summed E-state index contributed by atoms with van der Waals surface area (Å²) in [7, 11) is -3.09. The number of carbonyl (C=O) groups excluding carboxylic acids is 2. The number of anilines is 1. The fourth-order valence-corrected chi connectivity index (χ4v) is 3.74. The Hall–Kier alpha value is -1.89. The first-order chi connectivity index (χ1) is 8.87. The van der Waals surface area contributed by atoms with E-state index in [-0.39, 0.29) is 23.0 Å². The molecule has 2 rings (SSSR count). The number of carbonyl (C=O) groups is 2. The molecule has 1 fully saturated rings. The number of rotatable bonds is 3. The van der Waals surface area contributed by atoms with Crippen LogP contribution in [-0.4, -0.2) is 31.7 Å². The highest BCUT2D eigenvalue weighted by Crippen LogP contribution is 2.20. The van der Waals surface area contributed by atoms with Crippen LogP contribution in [0.3, 0.4) is 0 Å². The van der Waals surface area contributed by atoms with Crippen LogP contribution in [0.1, 0.15) is 16.8 Å². The molecular formula is C12H14N2O4S. The average Bonchev–Trinajstić information content (AvgIpc) is 2.70. The minimum Gasteiger partial charge on any atom is -0.366 e. The minimum absolute atomic E-state index is 0.0480. The molecule has 0 unspecified atom stereocenters. The summed E-state index contributed by atoms with van der Waals surface area (Å²) in [5.41, 5.74) is 5.86. The SMILES string of the molecule is NC(=O)c1cccc(NC(=O)[C@@H]2CCS(=O)(=O)C2)c1. The topological polar surface area (TPSA) is 106 Å². The van der Waals surface area contributed by atoms with Crippen LogP contribution < -0.4 is 11.1 Å². The highest BCUT2D eigenvalue weighted by molar-refractivity contribution is 7.91. The minimum atomic E-state index is -3.09. The molecule has 0 radical (unpaired) electrons. The molecule has 1 atom stereocenters. The van der Waals surface area contributed by atoms with Gasteiger partial charge in [-0.3, -0.25) is 9.59 Å². The zero-order chi connectivity index (χ0) is 14.0. The predicted molar refractivity (Wildman–Crippen MR) is 70.4 cm³/mol. The maximum Gasteiger partial charge on any atom is 0.248 e. The van der Waals surface area contributed by atoms with Gasteiger partial charge in [-0.2, -0.15) is 0 Å². The van der Waals surface area contributed by atoms with Crippen molar-refractivity contribution in [2.24, 2.45) is 11.7 Å². The molecule has 19 heavy (non-hydrogen) atoms. The molecule has 0 saturated carbocycles. The Morgan fingerprint density at radius 1 is 1.32 bits per heavy atom. The van der Waals surface area contributed by atoms with Gasteiger partial charge in [-0.1, -0.05) is 6.07 Å². The lowest BCUT2D eigenvalue weighted by atomic mass is 10.1. The first-order valence-electron chi connectivity index (χ1n) is 5.78. The van der Waals surface area contributed by atoms with Crippen molar-refractivity contribution in [1.29, 1.82) is 0 Å². The Balaban J connectivity index is 2.07. The molecule has 1 aromatic rings. The van der Waals surface area contributed by atoms with E-state index in [4.69, 9.17) is 5.73 Å². The van der Waals surface area contributed by atoms with Crippen LogP contribution in [0.5, 0.6) is 0 Å². The molecule has 1 aliphatic rings. The van der Waals surface area contributed by atoms with Crippen LogP contribution >= 0.6 is 0 Å². The van der Waals surface area contributed by atoms with Gasteiger partial charge in [0.25, 0.3) is 0 Å². The normalized spacial score (nSPS) is 20.9. The second kappa shape index (κ2) is 5.00. The van der Waals surface area contributed by atoms with Gasteiger partial charge in [-0.15, -0.1) is 0 Å². The van der Waals surface area contributed by atoms with Crippen LogP contribution in [0.25, 0.3) is 0 Å². The van der Waals surface area contributed by atoms with Crippen molar-refractivity contribution < 1.29 is 18.0 Å². The third-order valence-electron chi connectivity index (χ3n) is 3.02. The van der Waals surface area contributed by atoms with Gasteiger partial charge in [0.05, 0.1) is 17.4 Å². The number of hydrogen-bond donors (Lipinski definition) is 2. The van der Waals surface area contributed by atoms with Gasteiger partial charge >= 0.3 is 0 Å². The Bertz CT molecular complexity index is 624. The van der Waals surface area contributed by atoms with Crippen molar-refractivity contribution in [1.82, 2.24) is 0 Å². The number of nitrogens with two attached hydrogens (primary N) is 1. The van der Waals surface area contributed by atoms with Crippen molar-refractivity contribution in [3.05, 3.63) is 29.8 Å².